The number of benzene rings is 2. The molecule has 0 aliphatic carbocycles. The van der Waals surface area contributed by atoms with Gasteiger partial charge in [-0.15, -0.1) is 0 Å². The molecule has 0 radical (unpaired) electrons. The smallest absolute Gasteiger partial charge is 0.221 e. The molecule has 2 aromatic rings. The molecule has 0 aromatic heterocycles. The van der Waals surface area contributed by atoms with Crippen molar-refractivity contribution in [1.82, 2.24) is 0 Å². The highest BCUT2D eigenvalue weighted by molar-refractivity contribution is 6.36. The highest BCUT2D eigenvalue weighted by Gasteiger charge is 2.30. The first-order valence-electron chi connectivity index (χ1n) is 6.50. The molecule has 1 aliphatic rings. The lowest BCUT2D eigenvalue weighted by Gasteiger charge is -2.13. The number of rotatable bonds is 2. The maximum absolute atomic E-state index is 6.31. The monoisotopic (exact) mass is 289 g/mol. The predicted octanol–water partition coefficient (Wildman–Crippen LogP) is 4.06. The van der Waals surface area contributed by atoms with Gasteiger partial charge in [-0.25, -0.2) is 4.99 Å². The molecule has 0 saturated carbocycles. The standard InChI is InChI=1S/C16H16ClNO2/c1-16(2)9-20-15(18-16)14-11-7-5-4-6-10(11)12(17)8-13(14)19-3/h4-8H,9H2,1-3H3. The highest BCUT2D eigenvalue weighted by atomic mass is 35.5. The lowest BCUT2D eigenvalue weighted by atomic mass is 10.0. The van der Waals surface area contributed by atoms with Gasteiger partial charge >= 0.3 is 0 Å². The second-order valence-corrected chi connectivity index (χ2v) is 5.91. The van der Waals surface area contributed by atoms with E-state index in [2.05, 4.69) is 4.99 Å². The lowest BCUT2D eigenvalue weighted by Crippen LogP contribution is -2.17. The molecule has 1 aliphatic heterocycles. The average molecular weight is 290 g/mol. The maximum atomic E-state index is 6.31. The Kier molecular flexibility index (Phi) is 3.09. The Bertz CT molecular complexity index is 707. The van der Waals surface area contributed by atoms with Crippen LogP contribution in [0.15, 0.2) is 35.3 Å². The first-order chi connectivity index (χ1) is 9.52. The van der Waals surface area contributed by atoms with E-state index in [4.69, 9.17) is 21.1 Å². The zero-order chi connectivity index (χ0) is 14.3. The topological polar surface area (TPSA) is 30.8 Å². The van der Waals surface area contributed by atoms with Crippen LogP contribution < -0.4 is 4.74 Å². The molecule has 0 bridgehead atoms. The molecule has 4 heteroatoms. The van der Waals surface area contributed by atoms with E-state index in [-0.39, 0.29) is 5.54 Å². The van der Waals surface area contributed by atoms with E-state index in [0.29, 0.717) is 23.3 Å². The Hall–Kier alpha value is -1.74. The third-order valence-electron chi connectivity index (χ3n) is 3.36. The van der Waals surface area contributed by atoms with Gasteiger partial charge in [0, 0.05) is 11.5 Å². The molecule has 0 atom stereocenters. The average Bonchev–Trinajstić information content (AvgIpc) is 2.78. The van der Waals surface area contributed by atoms with Crippen molar-refractivity contribution in [2.75, 3.05) is 13.7 Å². The molecule has 0 N–H and O–H groups in total. The van der Waals surface area contributed by atoms with Crippen molar-refractivity contribution in [3.05, 3.63) is 40.9 Å². The molecule has 3 nitrogen and oxygen atoms in total. The summed E-state index contributed by atoms with van der Waals surface area (Å²) in [5.74, 6) is 1.31. The van der Waals surface area contributed by atoms with Gasteiger partial charge in [-0.2, -0.15) is 0 Å². The van der Waals surface area contributed by atoms with Gasteiger partial charge in [0.05, 0.1) is 23.2 Å². The van der Waals surface area contributed by atoms with E-state index in [1.807, 2.05) is 44.2 Å². The van der Waals surface area contributed by atoms with E-state index in [0.717, 1.165) is 16.3 Å². The first-order valence-corrected chi connectivity index (χ1v) is 6.88. The third kappa shape index (κ3) is 2.12. The van der Waals surface area contributed by atoms with Crippen molar-refractivity contribution in [2.24, 2.45) is 4.99 Å². The maximum Gasteiger partial charge on any atom is 0.221 e. The predicted molar refractivity (Wildman–Crippen MR) is 82.1 cm³/mol. The van der Waals surface area contributed by atoms with Gasteiger partial charge in [0.15, 0.2) is 0 Å². The molecular weight excluding hydrogens is 274 g/mol. The molecule has 1 heterocycles. The number of hydrogen-bond donors (Lipinski definition) is 0. The summed E-state index contributed by atoms with van der Waals surface area (Å²) in [6.07, 6.45) is 0. The van der Waals surface area contributed by atoms with Crippen LogP contribution in [0.3, 0.4) is 0 Å². The Morgan fingerprint density at radius 2 is 1.95 bits per heavy atom. The first kappa shape index (κ1) is 13.3. The Labute approximate surface area is 123 Å². The second kappa shape index (κ2) is 4.67. The zero-order valence-corrected chi connectivity index (χ0v) is 12.5. The second-order valence-electron chi connectivity index (χ2n) is 5.50. The van der Waals surface area contributed by atoms with E-state index in [1.54, 1.807) is 7.11 Å². The largest absolute Gasteiger partial charge is 0.496 e. The van der Waals surface area contributed by atoms with E-state index in [9.17, 15) is 0 Å². The number of fused-ring (bicyclic) bond motifs is 1. The highest BCUT2D eigenvalue weighted by Crippen LogP contribution is 2.36. The molecule has 20 heavy (non-hydrogen) atoms. The summed E-state index contributed by atoms with van der Waals surface area (Å²) in [7, 11) is 1.63. The molecule has 0 fully saturated rings. The quantitative estimate of drug-likeness (QED) is 0.835. The van der Waals surface area contributed by atoms with Crippen molar-refractivity contribution < 1.29 is 9.47 Å². The molecule has 0 spiro atoms. The molecule has 0 amide bonds. The number of nitrogens with zero attached hydrogens (tertiary/aromatic N) is 1. The third-order valence-corrected chi connectivity index (χ3v) is 3.67. The van der Waals surface area contributed by atoms with Crippen LogP contribution in [0.4, 0.5) is 0 Å². The molecule has 0 unspecified atom stereocenters. The number of ether oxygens (including phenoxy) is 2. The van der Waals surface area contributed by atoms with Crippen LogP contribution in [0.5, 0.6) is 5.75 Å². The summed E-state index contributed by atoms with van der Waals surface area (Å²) in [4.78, 5) is 4.65. The van der Waals surface area contributed by atoms with Gasteiger partial charge in [0.1, 0.15) is 12.4 Å². The molecule has 2 aromatic carbocycles. The van der Waals surface area contributed by atoms with Crippen LogP contribution in [0.2, 0.25) is 5.02 Å². The van der Waals surface area contributed by atoms with E-state index >= 15 is 0 Å². The summed E-state index contributed by atoms with van der Waals surface area (Å²) in [6.45, 7) is 4.66. The minimum Gasteiger partial charge on any atom is -0.496 e. The fourth-order valence-corrected chi connectivity index (χ4v) is 2.67. The van der Waals surface area contributed by atoms with Crippen LogP contribution in [0.1, 0.15) is 19.4 Å². The number of methoxy groups -OCH3 is 1. The Balaban J connectivity index is 2.31. The zero-order valence-electron chi connectivity index (χ0n) is 11.7. The van der Waals surface area contributed by atoms with Crippen LogP contribution in [-0.2, 0) is 4.74 Å². The number of aliphatic imine (C=N–C) groups is 1. The minimum absolute atomic E-state index is 0.207. The number of hydrogen-bond acceptors (Lipinski definition) is 3. The van der Waals surface area contributed by atoms with Crippen molar-refractivity contribution >= 4 is 28.3 Å². The van der Waals surface area contributed by atoms with Crippen molar-refractivity contribution in [1.29, 1.82) is 0 Å². The van der Waals surface area contributed by atoms with Crippen LogP contribution >= 0.6 is 11.6 Å². The van der Waals surface area contributed by atoms with E-state index in [1.165, 1.54) is 0 Å². The van der Waals surface area contributed by atoms with Crippen LogP contribution in [-0.4, -0.2) is 25.2 Å². The van der Waals surface area contributed by atoms with E-state index < -0.39 is 0 Å². The van der Waals surface area contributed by atoms with Crippen molar-refractivity contribution in [3.63, 3.8) is 0 Å². The Morgan fingerprint density at radius 1 is 1.25 bits per heavy atom. The van der Waals surface area contributed by atoms with Crippen molar-refractivity contribution in [2.45, 2.75) is 19.4 Å². The van der Waals surface area contributed by atoms with Crippen LogP contribution in [0, 0.1) is 0 Å². The molecule has 104 valence electrons. The fraction of sp³-hybridized carbons (Fsp3) is 0.312. The molecular formula is C16H16ClNO2. The summed E-state index contributed by atoms with van der Waals surface area (Å²) >= 11 is 6.31. The lowest BCUT2D eigenvalue weighted by molar-refractivity contribution is 0.279. The molecule has 0 saturated heterocycles. The number of halogens is 1. The van der Waals surface area contributed by atoms with Gasteiger partial charge in [-0.05, 0) is 19.2 Å². The SMILES string of the molecule is COc1cc(Cl)c2ccccc2c1C1=NC(C)(C)CO1. The minimum atomic E-state index is -0.207. The van der Waals surface area contributed by atoms with Gasteiger partial charge in [-0.3, -0.25) is 0 Å². The summed E-state index contributed by atoms with van der Waals surface area (Å²) in [5.41, 5.74) is 0.666. The van der Waals surface area contributed by atoms with Crippen LogP contribution in [0.25, 0.3) is 10.8 Å². The summed E-state index contributed by atoms with van der Waals surface area (Å²) in [6, 6.07) is 9.75. The Morgan fingerprint density at radius 3 is 2.55 bits per heavy atom. The van der Waals surface area contributed by atoms with Gasteiger partial charge in [0.25, 0.3) is 0 Å². The van der Waals surface area contributed by atoms with Crippen molar-refractivity contribution in [3.8, 4) is 5.75 Å². The normalized spacial score (nSPS) is 16.9. The summed E-state index contributed by atoms with van der Waals surface area (Å²) < 4.78 is 11.2. The van der Waals surface area contributed by atoms with Gasteiger partial charge in [-0.1, -0.05) is 35.9 Å². The molecule has 3 rings (SSSR count). The van der Waals surface area contributed by atoms with Gasteiger partial charge < -0.3 is 9.47 Å². The fourth-order valence-electron chi connectivity index (χ4n) is 2.40. The van der Waals surface area contributed by atoms with Gasteiger partial charge in [0.2, 0.25) is 5.90 Å². The summed E-state index contributed by atoms with van der Waals surface area (Å²) in [5, 5.41) is 2.63.